The van der Waals surface area contributed by atoms with Gasteiger partial charge in [-0.15, -0.1) is 0 Å². The second kappa shape index (κ2) is 7.33. The fourth-order valence-corrected chi connectivity index (χ4v) is 4.59. The molecule has 0 unspecified atom stereocenters. The van der Waals surface area contributed by atoms with Gasteiger partial charge in [0, 0.05) is 18.3 Å². The molecule has 0 atom stereocenters. The van der Waals surface area contributed by atoms with Crippen molar-refractivity contribution in [2.75, 3.05) is 21.9 Å². The first kappa shape index (κ1) is 18.2. The largest absolute Gasteiger partial charge is 0.322 e. The maximum absolute atomic E-state index is 12.2. The maximum atomic E-state index is 12.2. The molecule has 0 spiro atoms. The number of rotatable bonds is 4. The molecule has 0 bridgehead atoms. The number of nitrogens with zero attached hydrogens (tertiary/aromatic N) is 1. The van der Waals surface area contributed by atoms with E-state index in [2.05, 4.69) is 5.32 Å². The van der Waals surface area contributed by atoms with E-state index in [4.69, 9.17) is 0 Å². The topological polar surface area (TPSA) is 66.5 Å². The average molecular weight is 370 g/mol. The van der Waals surface area contributed by atoms with E-state index in [1.54, 1.807) is 18.2 Å². The van der Waals surface area contributed by atoms with Crippen LogP contribution in [0.15, 0.2) is 48.5 Å². The predicted molar refractivity (Wildman–Crippen MR) is 106 cm³/mol. The smallest absolute Gasteiger partial charge is 0.248 e. The monoisotopic (exact) mass is 370 g/mol. The van der Waals surface area contributed by atoms with Gasteiger partial charge in [-0.05, 0) is 55.2 Å². The maximum Gasteiger partial charge on any atom is 0.248 e. The molecule has 26 heavy (non-hydrogen) atoms. The number of amides is 1. The van der Waals surface area contributed by atoms with E-state index >= 15 is 0 Å². The standard InChI is InChI=1S/C20H22N2O3S/c1-15-5-3-6-16(2)20(15)21-19(23)12-9-17-7-10-18(11-8-17)22-13-4-14-26(22,24)25/h3,5-12H,4,13-14H2,1-2H3,(H,21,23)/b12-9+. The molecule has 1 heterocycles. The molecule has 0 saturated carbocycles. The van der Waals surface area contributed by atoms with Crippen molar-refractivity contribution in [3.05, 3.63) is 65.2 Å². The van der Waals surface area contributed by atoms with E-state index in [0.717, 1.165) is 22.4 Å². The number of sulfonamides is 1. The van der Waals surface area contributed by atoms with Crippen molar-refractivity contribution in [1.82, 2.24) is 0 Å². The average Bonchev–Trinajstić information content (AvgIpc) is 2.96. The summed E-state index contributed by atoms with van der Waals surface area (Å²) in [4.78, 5) is 12.2. The molecule has 1 aliphatic rings. The Kier molecular flexibility index (Phi) is 5.13. The minimum absolute atomic E-state index is 0.200. The SMILES string of the molecule is Cc1cccc(C)c1NC(=O)/C=C/c1ccc(N2CCCS2(=O)=O)cc1. The van der Waals surface area contributed by atoms with Crippen molar-refractivity contribution in [3.8, 4) is 0 Å². The van der Waals surface area contributed by atoms with Crippen molar-refractivity contribution in [3.63, 3.8) is 0 Å². The highest BCUT2D eigenvalue weighted by molar-refractivity contribution is 7.93. The highest BCUT2D eigenvalue weighted by atomic mass is 32.2. The molecule has 0 radical (unpaired) electrons. The Morgan fingerprint density at radius 1 is 1.08 bits per heavy atom. The van der Waals surface area contributed by atoms with Crippen LogP contribution in [0.2, 0.25) is 0 Å². The second-order valence-electron chi connectivity index (χ2n) is 6.42. The molecule has 1 N–H and O–H groups in total. The lowest BCUT2D eigenvalue weighted by atomic mass is 10.1. The van der Waals surface area contributed by atoms with Crippen molar-refractivity contribution >= 4 is 33.4 Å². The fraction of sp³-hybridized carbons (Fsp3) is 0.250. The van der Waals surface area contributed by atoms with Crippen LogP contribution in [0.25, 0.3) is 6.08 Å². The van der Waals surface area contributed by atoms with Crippen LogP contribution in [0.4, 0.5) is 11.4 Å². The first-order valence-corrected chi connectivity index (χ1v) is 10.1. The van der Waals surface area contributed by atoms with Crippen LogP contribution in [-0.2, 0) is 14.8 Å². The van der Waals surface area contributed by atoms with Crippen molar-refractivity contribution in [2.45, 2.75) is 20.3 Å². The van der Waals surface area contributed by atoms with E-state index in [1.165, 1.54) is 10.4 Å². The zero-order valence-corrected chi connectivity index (χ0v) is 15.7. The van der Waals surface area contributed by atoms with E-state index in [9.17, 15) is 13.2 Å². The molecule has 1 aliphatic heterocycles. The Hall–Kier alpha value is -2.60. The van der Waals surface area contributed by atoms with Gasteiger partial charge < -0.3 is 5.32 Å². The summed E-state index contributed by atoms with van der Waals surface area (Å²) in [6, 6.07) is 13.0. The normalized spacial score (nSPS) is 16.2. The Morgan fingerprint density at radius 2 is 1.73 bits per heavy atom. The van der Waals surface area contributed by atoms with Gasteiger partial charge in [0.2, 0.25) is 15.9 Å². The van der Waals surface area contributed by atoms with Crippen LogP contribution in [-0.4, -0.2) is 26.6 Å². The second-order valence-corrected chi connectivity index (χ2v) is 8.44. The molecule has 0 aliphatic carbocycles. The number of carbonyl (C=O) groups is 1. The molecule has 0 aromatic heterocycles. The number of nitrogens with one attached hydrogen (secondary N) is 1. The number of aryl methyl sites for hydroxylation is 2. The Labute approximate surface area is 154 Å². The minimum Gasteiger partial charge on any atom is -0.322 e. The van der Waals surface area contributed by atoms with Crippen molar-refractivity contribution in [2.24, 2.45) is 0 Å². The summed E-state index contributed by atoms with van der Waals surface area (Å²) in [5, 5.41) is 2.90. The van der Waals surface area contributed by atoms with Gasteiger partial charge in [-0.3, -0.25) is 9.10 Å². The summed E-state index contributed by atoms with van der Waals surface area (Å²) in [5.41, 5.74) is 4.37. The zero-order chi connectivity index (χ0) is 18.7. The third-order valence-corrected chi connectivity index (χ3v) is 6.31. The number of hydrogen-bond donors (Lipinski definition) is 1. The summed E-state index contributed by atoms with van der Waals surface area (Å²) in [7, 11) is -3.17. The van der Waals surface area contributed by atoms with Crippen LogP contribution in [0.1, 0.15) is 23.1 Å². The Balaban J connectivity index is 1.68. The van der Waals surface area contributed by atoms with Gasteiger partial charge in [-0.1, -0.05) is 30.3 Å². The Bertz CT molecular complexity index is 927. The summed E-state index contributed by atoms with van der Waals surface area (Å²) < 4.78 is 25.3. The lowest BCUT2D eigenvalue weighted by Gasteiger charge is -2.16. The van der Waals surface area contributed by atoms with Crippen molar-refractivity contribution in [1.29, 1.82) is 0 Å². The van der Waals surface area contributed by atoms with Crippen LogP contribution in [0.3, 0.4) is 0 Å². The molecule has 1 fully saturated rings. The first-order valence-electron chi connectivity index (χ1n) is 8.52. The number of hydrogen-bond acceptors (Lipinski definition) is 3. The van der Waals surface area contributed by atoms with E-state index in [1.807, 2.05) is 44.2 Å². The molecule has 6 heteroatoms. The van der Waals surface area contributed by atoms with E-state index < -0.39 is 10.0 Å². The highest BCUT2D eigenvalue weighted by Crippen LogP contribution is 2.24. The van der Waals surface area contributed by atoms with Crippen molar-refractivity contribution < 1.29 is 13.2 Å². The lowest BCUT2D eigenvalue weighted by Crippen LogP contribution is -2.24. The number of benzene rings is 2. The summed E-state index contributed by atoms with van der Waals surface area (Å²) >= 11 is 0. The highest BCUT2D eigenvalue weighted by Gasteiger charge is 2.28. The molecular weight excluding hydrogens is 348 g/mol. The van der Waals surface area contributed by atoms with E-state index in [-0.39, 0.29) is 11.7 Å². The van der Waals surface area contributed by atoms with Gasteiger partial charge in [0.1, 0.15) is 0 Å². The van der Waals surface area contributed by atoms with Crippen LogP contribution in [0, 0.1) is 13.8 Å². The molecule has 136 valence electrons. The predicted octanol–water partition coefficient (Wildman–Crippen LogP) is 3.50. The van der Waals surface area contributed by atoms with E-state index in [0.29, 0.717) is 18.7 Å². The number of carbonyl (C=O) groups excluding carboxylic acids is 1. The molecule has 2 aromatic carbocycles. The third-order valence-electron chi connectivity index (χ3n) is 4.44. The van der Waals surface area contributed by atoms with Gasteiger partial charge in [-0.2, -0.15) is 0 Å². The van der Waals surface area contributed by atoms with Crippen LogP contribution >= 0.6 is 0 Å². The Morgan fingerprint density at radius 3 is 2.31 bits per heavy atom. The molecule has 5 nitrogen and oxygen atoms in total. The van der Waals surface area contributed by atoms with Crippen LogP contribution in [0.5, 0.6) is 0 Å². The summed E-state index contributed by atoms with van der Waals surface area (Å²) in [6.07, 6.45) is 3.85. The molecule has 2 aromatic rings. The van der Waals surface area contributed by atoms with Gasteiger partial charge in [-0.25, -0.2) is 8.42 Å². The lowest BCUT2D eigenvalue weighted by molar-refractivity contribution is -0.111. The quantitative estimate of drug-likeness (QED) is 0.838. The van der Waals surface area contributed by atoms with Gasteiger partial charge >= 0.3 is 0 Å². The fourth-order valence-electron chi connectivity index (χ4n) is 3.03. The van der Waals surface area contributed by atoms with Gasteiger partial charge in [0.25, 0.3) is 0 Å². The van der Waals surface area contributed by atoms with Crippen LogP contribution < -0.4 is 9.62 Å². The van der Waals surface area contributed by atoms with Gasteiger partial charge in [0.05, 0.1) is 11.4 Å². The number of anilines is 2. The molecule has 1 saturated heterocycles. The first-order chi connectivity index (χ1) is 12.4. The molecular formula is C20H22N2O3S. The number of para-hydroxylation sites is 1. The minimum atomic E-state index is -3.17. The van der Waals surface area contributed by atoms with Gasteiger partial charge in [0.15, 0.2) is 0 Å². The third kappa shape index (κ3) is 3.96. The molecule has 1 amide bonds. The zero-order valence-electron chi connectivity index (χ0n) is 14.9. The summed E-state index contributed by atoms with van der Waals surface area (Å²) in [5.74, 6) is 0.00116. The molecule has 3 rings (SSSR count). The summed E-state index contributed by atoms with van der Waals surface area (Å²) in [6.45, 7) is 4.44.